The van der Waals surface area contributed by atoms with Gasteiger partial charge in [-0.25, -0.2) is 0 Å². The molecular formula is C12H15N3OS. The van der Waals surface area contributed by atoms with Crippen LogP contribution in [0.1, 0.15) is 17.0 Å². The highest BCUT2D eigenvalue weighted by Gasteiger charge is 2.05. The first-order chi connectivity index (χ1) is 8.22. The number of aliphatic hydroxyl groups is 1. The molecule has 0 radical (unpaired) electrons. The summed E-state index contributed by atoms with van der Waals surface area (Å²) in [7, 11) is 0. The van der Waals surface area contributed by atoms with Gasteiger partial charge in [-0.1, -0.05) is 24.3 Å². The van der Waals surface area contributed by atoms with Crippen molar-refractivity contribution < 1.29 is 5.11 Å². The van der Waals surface area contributed by atoms with Gasteiger partial charge in [0.2, 0.25) is 0 Å². The molecule has 0 saturated carbocycles. The van der Waals surface area contributed by atoms with Crippen molar-refractivity contribution in [2.24, 2.45) is 0 Å². The molecule has 1 aromatic carbocycles. The minimum Gasteiger partial charge on any atom is -0.388 e. The summed E-state index contributed by atoms with van der Waals surface area (Å²) < 4.78 is 2.39. The lowest BCUT2D eigenvalue weighted by Gasteiger charge is -2.07. The maximum atomic E-state index is 9.13. The van der Waals surface area contributed by atoms with Gasteiger partial charge in [-0.3, -0.25) is 5.10 Å². The van der Waals surface area contributed by atoms with Gasteiger partial charge in [0.05, 0.1) is 0 Å². The number of hydrogen-bond acceptors (Lipinski definition) is 3. The van der Waals surface area contributed by atoms with Crippen molar-refractivity contribution in [1.29, 1.82) is 0 Å². The first kappa shape index (κ1) is 12.0. The predicted octanol–water partition coefficient (Wildman–Crippen LogP) is 1.98. The van der Waals surface area contributed by atoms with E-state index in [2.05, 4.69) is 29.3 Å². The molecule has 2 rings (SSSR count). The topological polar surface area (TPSA) is 53.8 Å². The lowest BCUT2D eigenvalue weighted by atomic mass is 10.1. The lowest BCUT2D eigenvalue weighted by molar-refractivity contribution is 0.264. The molecule has 0 atom stereocenters. The van der Waals surface area contributed by atoms with Crippen LogP contribution in [0.4, 0.5) is 0 Å². The molecule has 0 spiro atoms. The molecule has 2 aromatic rings. The van der Waals surface area contributed by atoms with Crippen LogP contribution < -0.4 is 0 Å². The van der Waals surface area contributed by atoms with E-state index in [4.69, 9.17) is 17.3 Å². The summed E-state index contributed by atoms with van der Waals surface area (Å²) in [6.07, 6.45) is 0.882. The molecule has 17 heavy (non-hydrogen) atoms. The molecule has 1 heterocycles. The van der Waals surface area contributed by atoms with E-state index >= 15 is 0 Å². The molecule has 0 fully saturated rings. The SMILES string of the molecule is Cc1ccccc1CCn1c(CO)n[nH]c1=S. The van der Waals surface area contributed by atoms with Crippen molar-refractivity contribution >= 4 is 12.2 Å². The number of hydrogen-bond donors (Lipinski definition) is 2. The van der Waals surface area contributed by atoms with Crippen molar-refractivity contribution in [2.75, 3.05) is 0 Å². The Hall–Kier alpha value is -1.46. The number of nitrogens with zero attached hydrogens (tertiary/aromatic N) is 2. The van der Waals surface area contributed by atoms with Gasteiger partial charge in [-0.15, -0.1) is 0 Å². The molecule has 0 amide bonds. The monoisotopic (exact) mass is 249 g/mol. The Balaban J connectivity index is 2.15. The first-order valence-electron chi connectivity index (χ1n) is 5.52. The van der Waals surface area contributed by atoms with E-state index in [-0.39, 0.29) is 6.61 Å². The molecular weight excluding hydrogens is 234 g/mol. The summed E-state index contributed by atoms with van der Waals surface area (Å²) in [6.45, 7) is 2.73. The van der Waals surface area contributed by atoms with Crippen molar-refractivity contribution in [3.8, 4) is 0 Å². The van der Waals surface area contributed by atoms with Crippen LogP contribution in [-0.4, -0.2) is 19.9 Å². The second kappa shape index (κ2) is 5.25. The van der Waals surface area contributed by atoms with Crippen LogP contribution in [0, 0.1) is 11.7 Å². The number of benzene rings is 1. The van der Waals surface area contributed by atoms with Crippen LogP contribution in [-0.2, 0) is 19.6 Å². The zero-order valence-corrected chi connectivity index (χ0v) is 10.5. The summed E-state index contributed by atoms with van der Waals surface area (Å²) >= 11 is 5.12. The molecule has 0 saturated heterocycles. The molecule has 0 aliphatic carbocycles. The average Bonchev–Trinajstić information content (AvgIpc) is 2.69. The number of aliphatic hydroxyl groups excluding tert-OH is 1. The minimum atomic E-state index is -0.0963. The summed E-state index contributed by atoms with van der Waals surface area (Å²) in [5.74, 6) is 0.587. The molecule has 0 bridgehead atoms. The molecule has 4 nitrogen and oxygen atoms in total. The Morgan fingerprint density at radius 2 is 2.18 bits per heavy atom. The van der Waals surface area contributed by atoms with Gasteiger partial charge in [0.25, 0.3) is 0 Å². The highest BCUT2D eigenvalue weighted by atomic mass is 32.1. The zero-order chi connectivity index (χ0) is 12.3. The standard InChI is InChI=1S/C12H15N3OS/c1-9-4-2-3-5-10(9)6-7-15-11(8-16)13-14-12(15)17/h2-5,16H,6-8H2,1H3,(H,14,17). The third-order valence-electron chi connectivity index (χ3n) is 2.84. The largest absolute Gasteiger partial charge is 0.388 e. The molecule has 1 aromatic heterocycles. The molecule has 0 aliphatic heterocycles. The highest BCUT2D eigenvalue weighted by Crippen LogP contribution is 2.09. The van der Waals surface area contributed by atoms with E-state index < -0.39 is 0 Å². The Morgan fingerprint density at radius 3 is 2.88 bits per heavy atom. The maximum absolute atomic E-state index is 9.13. The lowest BCUT2D eigenvalue weighted by Crippen LogP contribution is -2.07. The van der Waals surface area contributed by atoms with Gasteiger partial charge in [-0.05, 0) is 36.7 Å². The highest BCUT2D eigenvalue weighted by molar-refractivity contribution is 7.71. The van der Waals surface area contributed by atoms with E-state index in [1.54, 1.807) is 0 Å². The second-order valence-electron chi connectivity index (χ2n) is 3.93. The summed E-state index contributed by atoms with van der Waals surface area (Å²) in [6, 6.07) is 8.26. The molecule has 5 heteroatoms. The van der Waals surface area contributed by atoms with Crippen molar-refractivity contribution in [2.45, 2.75) is 26.5 Å². The van der Waals surface area contributed by atoms with Gasteiger partial charge in [0.15, 0.2) is 10.6 Å². The van der Waals surface area contributed by atoms with Crippen molar-refractivity contribution in [1.82, 2.24) is 14.8 Å². The molecule has 0 unspecified atom stereocenters. The second-order valence-corrected chi connectivity index (χ2v) is 4.32. The number of rotatable bonds is 4. The van der Waals surface area contributed by atoms with Crippen LogP contribution in [0.3, 0.4) is 0 Å². The summed E-state index contributed by atoms with van der Waals surface area (Å²) in [5, 5.41) is 15.8. The summed E-state index contributed by atoms with van der Waals surface area (Å²) in [4.78, 5) is 0. The quantitative estimate of drug-likeness (QED) is 0.815. The Morgan fingerprint density at radius 1 is 1.41 bits per heavy atom. The van der Waals surface area contributed by atoms with Crippen LogP contribution in [0.15, 0.2) is 24.3 Å². The molecule has 2 N–H and O–H groups in total. The number of nitrogens with one attached hydrogen (secondary N) is 1. The van der Waals surface area contributed by atoms with E-state index in [9.17, 15) is 0 Å². The Bertz CT molecular complexity index is 559. The number of H-pyrrole nitrogens is 1. The third-order valence-corrected chi connectivity index (χ3v) is 3.16. The van der Waals surface area contributed by atoms with Crippen LogP contribution in [0.2, 0.25) is 0 Å². The molecule has 0 aliphatic rings. The maximum Gasteiger partial charge on any atom is 0.195 e. The van der Waals surface area contributed by atoms with Crippen molar-refractivity contribution in [3.63, 3.8) is 0 Å². The van der Waals surface area contributed by atoms with Crippen LogP contribution in [0.25, 0.3) is 0 Å². The van der Waals surface area contributed by atoms with Crippen LogP contribution in [0.5, 0.6) is 0 Å². The normalized spacial score (nSPS) is 10.7. The van der Waals surface area contributed by atoms with Gasteiger partial charge in [0.1, 0.15) is 6.61 Å². The Kier molecular flexibility index (Phi) is 3.71. The predicted molar refractivity (Wildman–Crippen MR) is 68.2 cm³/mol. The fourth-order valence-corrected chi connectivity index (χ4v) is 2.07. The fourth-order valence-electron chi connectivity index (χ4n) is 1.82. The number of aromatic nitrogens is 3. The van der Waals surface area contributed by atoms with E-state index in [0.29, 0.717) is 10.6 Å². The van der Waals surface area contributed by atoms with Gasteiger partial charge < -0.3 is 9.67 Å². The van der Waals surface area contributed by atoms with Gasteiger partial charge in [-0.2, -0.15) is 5.10 Å². The summed E-state index contributed by atoms with van der Waals surface area (Å²) in [5.41, 5.74) is 2.56. The smallest absolute Gasteiger partial charge is 0.195 e. The minimum absolute atomic E-state index is 0.0963. The zero-order valence-electron chi connectivity index (χ0n) is 9.68. The Labute approximate surface area is 105 Å². The van der Waals surface area contributed by atoms with Gasteiger partial charge in [0, 0.05) is 6.54 Å². The van der Waals surface area contributed by atoms with Crippen LogP contribution >= 0.6 is 12.2 Å². The number of aromatic amines is 1. The van der Waals surface area contributed by atoms with Gasteiger partial charge >= 0.3 is 0 Å². The fraction of sp³-hybridized carbons (Fsp3) is 0.333. The first-order valence-corrected chi connectivity index (χ1v) is 5.92. The van der Waals surface area contributed by atoms with E-state index in [1.165, 1.54) is 11.1 Å². The van der Waals surface area contributed by atoms with E-state index in [0.717, 1.165) is 13.0 Å². The van der Waals surface area contributed by atoms with Crippen molar-refractivity contribution in [3.05, 3.63) is 46.0 Å². The average molecular weight is 249 g/mol. The third kappa shape index (κ3) is 2.62. The van der Waals surface area contributed by atoms with E-state index in [1.807, 2.05) is 16.7 Å². The molecule has 90 valence electrons. The number of aryl methyl sites for hydroxylation is 2.